The van der Waals surface area contributed by atoms with E-state index in [-0.39, 0.29) is 10.6 Å². The van der Waals surface area contributed by atoms with Crippen molar-refractivity contribution in [3.8, 4) is 11.5 Å². The molecule has 0 spiro atoms. The summed E-state index contributed by atoms with van der Waals surface area (Å²) in [6, 6.07) is 10.4. The molecule has 1 amide bonds. The van der Waals surface area contributed by atoms with Crippen LogP contribution >= 0.6 is 11.6 Å². The van der Waals surface area contributed by atoms with Gasteiger partial charge < -0.3 is 19.5 Å². The van der Waals surface area contributed by atoms with Crippen LogP contribution in [0.2, 0.25) is 5.02 Å². The van der Waals surface area contributed by atoms with Gasteiger partial charge in [-0.1, -0.05) is 37.6 Å². The van der Waals surface area contributed by atoms with Gasteiger partial charge in [0.1, 0.15) is 0 Å². The van der Waals surface area contributed by atoms with Crippen LogP contribution in [0, 0.1) is 0 Å². The zero-order valence-electron chi connectivity index (χ0n) is 16.5. The molecule has 1 N–H and O–H groups in total. The maximum Gasteiger partial charge on any atom is 0.339 e. The van der Waals surface area contributed by atoms with Crippen molar-refractivity contribution in [2.75, 3.05) is 19.5 Å². The fourth-order valence-corrected chi connectivity index (χ4v) is 2.80. The summed E-state index contributed by atoms with van der Waals surface area (Å²) in [5.74, 6) is -0.114. The highest BCUT2D eigenvalue weighted by Gasteiger charge is 2.21. The van der Waals surface area contributed by atoms with Crippen LogP contribution in [-0.2, 0) is 9.53 Å². The molecule has 2 aromatic carbocycles. The maximum atomic E-state index is 12.4. The number of hydrogen-bond acceptors (Lipinski definition) is 5. The number of rotatable bonds is 7. The van der Waals surface area contributed by atoms with Crippen LogP contribution in [0.15, 0.2) is 36.4 Å². The van der Waals surface area contributed by atoms with E-state index >= 15 is 0 Å². The number of anilines is 1. The van der Waals surface area contributed by atoms with E-state index in [4.69, 9.17) is 25.8 Å². The number of hydrogen-bond donors (Lipinski definition) is 1. The van der Waals surface area contributed by atoms with E-state index in [9.17, 15) is 9.59 Å². The highest BCUT2D eigenvalue weighted by molar-refractivity contribution is 6.32. The molecule has 0 fully saturated rings. The molecule has 1 atom stereocenters. The number of amides is 1. The molecule has 6 nitrogen and oxygen atoms in total. The van der Waals surface area contributed by atoms with Crippen molar-refractivity contribution in [2.45, 2.75) is 32.8 Å². The van der Waals surface area contributed by atoms with Gasteiger partial charge in [-0.05, 0) is 42.7 Å². The van der Waals surface area contributed by atoms with Crippen LogP contribution in [0.25, 0.3) is 0 Å². The standard InChI is InChI=1S/C21H24ClNO5/c1-12(2)14-6-8-16(9-7-14)23-20(24)13(3)28-21(25)15-10-17(22)19(27-5)18(11-15)26-4/h6-13H,1-5H3,(H,23,24)/t13-/m0/s1. The van der Waals surface area contributed by atoms with E-state index in [1.165, 1.54) is 38.8 Å². The zero-order chi connectivity index (χ0) is 20.8. The van der Waals surface area contributed by atoms with Gasteiger partial charge >= 0.3 is 5.97 Å². The molecule has 150 valence electrons. The summed E-state index contributed by atoms with van der Waals surface area (Å²) < 4.78 is 15.6. The summed E-state index contributed by atoms with van der Waals surface area (Å²) in [6.45, 7) is 5.68. The number of halogens is 1. The van der Waals surface area contributed by atoms with Crippen molar-refractivity contribution >= 4 is 29.2 Å². The maximum absolute atomic E-state index is 12.4. The molecule has 0 heterocycles. The average Bonchev–Trinajstić information content (AvgIpc) is 2.67. The van der Waals surface area contributed by atoms with Crippen LogP contribution < -0.4 is 14.8 Å². The van der Waals surface area contributed by atoms with Crippen LogP contribution in [0.3, 0.4) is 0 Å². The first-order valence-electron chi connectivity index (χ1n) is 8.80. The number of methoxy groups -OCH3 is 2. The minimum absolute atomic E-state index is 0.156. The van der Waals surface area contributed by atoms with E-state index < -0.39 is 18.0 Å². The molecule has 0 aromatic heterocycles. The van der Waals surface area contributed by atoms with Crippen molar-refractivity contribution in [1.29, 1.82) is 0 Å². The van der Waals surface area contributed by atoms with Gasteiger partial charge in [-0.3, -0.25) is 4.79 Å². The quantitative estimate of drug-likeness (QED) is 0.678. The number of carbonyl (C=O) groups is 2. The van der Waals surface area contributed by atoms with Crippen molar-refractivity contribution in [1.82, 2.24) is 0 Å². The van der Waals surface area contributed by atoms with E-state index in [2.05, 4.69) is 19.2 Å². The molecule has 0 saturated heterocycles. The highest BCUT2D eigenvalue weighted by atomic mass is 35.5. The molecular formula is C21H24ClNO5. The monoisotopic (exact) mass is 405 g/mol. The van der Waals surface area contributed by atoms with Gasteiger partial charge in [0.05, 0.1) is 24.8 Å². The van der Waals surface area contributed by atoms with E-state index in [0.29, 0.717) is 23.1 Å². The lowest BCUT2D eigenvalue weighted by atomic mass is 10.0. The third-order valence-corrected chi connectivity index (χ3v) is 4.45. The van der Waals surface area contributed by atoms with Crippen LogP contribution in [0.1, 0.15) is 42.6 Å². The number of carbonyl (C=O) groups excluding carboxylic acids is 2. The first kappa shape index (κ1) is 21.6. The largest absolute Gasteiger partial charge is 0.493 e. The molecule has 0 unspecified atom stereocenters. The smallest absolute Gasteiger partial charge is 0.339 e. The lowest BCUT2D eigenvalue weighted by molar-refractivity contribution is -0.123. The molecule has 0 bridgehead atoms. The Bertz CT molecular complexity index is 849. The summed E-state index contributed by atoms with van der Waals surface area (Å²) in [6.07, 6.45) is -0.996. The third-order valence-electron chi connectivity index (χ3n) is 4.17. The SMILES string of the molecule is COc1cc(C(=O)O[C@@H](C)C(=O)Nc2ccc(C(C)C)cc2)cc(Cl)c1OC. The van der Waals surface area contributed by atoms with Gasteiger partial charge in [-0.15, -0.1) is 0 Å². The Morgan fingerprint density at radius 1 is 1.00 bits per heavy atom. The van der Waals surface area contributed by atoms with Crippen LogP contribution in [-0.4, -0.2) is 32.2 Å². The van der Waals surface area contributed by atoms with Gasteiger partial charge in [0.2, 0.25) is 0 Å². The van der Waals surface area contributed by atoms with Gasteiger partial charge in [-0.25, -0.2) is 4.79 Å². The summed E-state index contributed by atoms with van der Waals surface area (Å²) in [4.78, 5) is 24.7. The predicted molar refractivity (Wildman–Crippen MR) is 109 cm³/mol. The Kier molecular flexibility index (Phi) is 7.29. The Balaban J connectivity index is 2.05. The normalized spacial score (nSPS) is 11.7. The Morgan fingerprint density at radius 2 is 1.64 bits per heavy atom. The number of ether oxygens (including phenoxy) is 3. The van der Waals surface area contributed by atoms with Crippen molar-refractivity contribution < 1.29 is 23.8 Å². The molecule has 0 aliphatic carbocycles. The second-order valence-electron chi connectivity index (χ2n) is 6.51. The molecule has 2 rings (SSSR count). The van der Waals surface area contributed by atoms with Crippen LogP contribution in [0.4, 0.5) is 5.69 Å². The lowest BCUT2D eigenvalue weighted by Gasteiger charge is -2.15. The van der Waals surface area contributed by atoms with E-state index in [1.54, 1.807) is 0 Å². The molecule has 28 heavy (non-hydrogen) atoms. The Morgan fingerprint density at radius 3 is 2.18 bits per heavy atom. The summed E-state index contributed by atoms with van der Waals surface area (Å²) in [7, 11) is 2.88. The third kappa shape index (κ3) is 5.16. The molecule has 7 heteroatoms. The molecular weight excluding hydrogens is 382 g/mol. The highest BCUT2D eigenvalue weighted by Crippen LogP contribution is 2.36. The summed E-state index contributed by atoms with van der Waals surface area (Å²) in [5.41, 5.74) is 1.96. The minimum atomic E-state index is -0.996. The fraction of sp³-hybridized carbons (Fsp3) is 0.333. The van der Waals surface area contributed by atoms with Gasteiger partial charge in [0.25, 0.3) is 5.91 Å². The zero-order valence-corrected chi connectivity index (χ0v) is 17.3. The Hall–Kier alpha value is -2.73. The predicted octanol–water partition coefficient (Wildman–Crippen LogP) is 4.66. The summed E-state index contributed by atoms with van der Waals surface area (Å²) >= 11 is 6.11. The Labute approximate surface area is 169 Å². The average molecular weight is 406 g/mol. The number of nitrogens with one attached hydrogen (secondary N) is 1. The second kappa shape index (κ2) is 9.46. The second-order valence-corrected chi connectivity index (χ2v) is 6.91. The molecule has 0 saturated carbocycles. The van der Waals surface area contributed by atoms with Crippen molar-refractivity contribution in [3.63, 3.8) is 0 Å². The van der Waals surface area contributed by atoms with Gasteiger partial charge in [-0.2, -0.15) is 0 Å². The fourth-order valence-electron chi connectivity index (χ4n) is 2.51. The van der Waals surface area contributed by atoms with Gasteiger partial charge in [0.15, 0.2) is 17.6 Å². The molecule has 2 aromatic rings. The number of benzene rings is 2. The first-order valence-corrected chi connectivity index (χ1v) is 9.18. The van der Waals surface area contributed by atoms with Crippen LogP contribution in [0.5, 0.6) is 11.5 Å². The molecule has 0 aliphatic heterocycles. The van der Waals surface area contributed by atoms with Gasteiger partial charge in [0, 0.05) is 5.69 Å². The minimum Gasteiger partial charge on any atom is -0.493 e. The molecule has 0 aliphatic rings. The van der Waals surface area contributed by atoms with E-state index in [1.807, 2.05) is 24.3 Å². The van der Waals surface area contributed by atoms with Crippen molar-refractivity contribution in [3.05, 3.63) is 52.5 Å². The lowest BCUT2D eigenvalue weighted by Crippen LogP contribution is -2.30. The van der Waals surface area contributed by atoms with Crippen molar-refractivity contribution in [2.24, 2.45) is 0 Å². The first-order chi connectivity index (χ1) is 13.3. The van der Waals surface area contributed by atoms with E-state index in [0.717, 1.165) is 0 Å². The number of esters is 1. The topological polar surface area (TPSA) is 73.9 Å². The summed E-state index contributed by atoms with van der Waals surface area (Å²) in [5, 5.41) is 2.93. The molecule has 0 radical (unpaired) electrons.